The number of aryl methyl sites for hydroxylation is 1. The summed E-state index contributed by atoms with van der Waals surface area (Å²) >= 11 is 1.65. The first-order chi connectivity index (χ1) is 15.4. The van der Waals surface area contributed by atoms with E-state index in [1.54, 1.807) is 11.3 Å². The quantitative estimate of drug-likeness (QED) is 0.218. The van der Waals surface area contributed by atoms with Gasteiger partial charge in [-0.05, 0) is 42.0 Å². The standard InChI is InChI=1S/C25H24N2O3S2/c1-19(32(28,29)30)14-16-27-23-17-20-9-5-6-10-21(20)18-24(23)31-25(27)13-7-8-15-26-22-11-3-2-4-12-22/h2-13,15,17-19H,14,16H2,1H3,(H,28,29,30). The van der Waals surface area contributed by atoms with Crippen molar-refractivity contribution in [3.05, 3.63) is 90.1 Å². The van der Waals surface area contributed by atoms with Crippen LogP contribution in [0.4, 0.5) is 5.69 Å². The van der Waals surface area contributed by atoms with E-state index in [1.807, 2.05) is 66.9 Å². The molecule has 1 atom stereocenters. The summed E-state index contributed by atoms with van der Waals surface area (Å²) < 4.78 is 37.4. The molecule has 0 aliphatic carbocycles. The molecule has 1 aromatic heterocycles. The highest BCUT2D eigenvalue weighted by atomic mass is 32.2. The summed E-state index contributed by atoms with van der Waals surface area (Å²) in [5.41, 5.74) is 2.05. The largest absolute Gasteiger partial charge is 0.748 e. The number of anilines is 1. The van der Waals surface area contributed by atoms with Gasteiger partial charge in [-0.2, -0.15) is 4.57 Å². The fraction of sp³-hybridized carbons (Fsp3) is 0.160. The van der Waals surface area contributed by atoms with E-state index >= 15 is 0 Å². The van der Waals surface area contributed by atoms with Crippen molar-refractivity contribution in [3.63, 3.8) is 0 Å². The van der Waals surface area contributed by atoms with Gasteiger partial charge in [-0.25, -0.2) is 8.42 Å². The van der Waals surface area contributed by atoms with Crippen molar-refractivity contribution >= 4 is 54.2 Å². The molecule has 0 aliphatic heterocycles. The molecular formula is C25H24N2O3S2. The number of fused-ring (bicyclic) bond motifs is 2. The predicted octanol–water partition coefficient (Wildman–Crippen LogP) is 5.30. The lowest BCUT2D eigenvalue weighted by Crippen LogP contribution is -2.37. The van der Waals surface area contributed by atoms with Crippen molar-refractivity contribution in [3.8, 4) is 0 Å². The number of rotatable bonds is 8. The van der Waals surface area contributed by atoms with Crippen LogP contribution in [0.15, 0.2) is 85.1 Å². The van der Waals surface area contributed by atoms with Crippen molar-refractivity contribution in [2.45, 2.75) is 25.1 Å². The van der Waals surface area contributed by atoms with E-state index in [0.717, 1.165) is 31.7 Å². The van der Waals surface area contributed by atoms with Gasteiger partial charge in [0.1, 0.15) is 4.70 Å². The smallest absolute Gasteiger partial charge is 0.262 e. The van der Waals surface area contributed by atoms with Gasteiger partial charge in [0.05, 0.1) is 15.4 Å². The Morgan fingerprint density at radius 1 is 1.03 bits per heavy atom. The van der Waals surface area contributed by atoms with Gasteiger partial charge in [-0.3, -0.25) is 0 Å². The summed E-state index contributed by atoms with van der Waals surface area (Å²) in [4.78, 5) is 0. The summed E-state index contributed by atoms with van der Waals surface area (Å²) in [6.07, 6.45) is 8.01. The van der Waals surface area contributed by atoms with Gasteiger partial charge >= 0.3 is 0 Å². The van der Waals surface area contributed by atoms with Gasteiger partial charge in [0.2, 0.25) is 5.52 Å². The van der Waals surface area contributed by atoms with Gasteiger partial charge in [-0.15, -0.1) is 0 Å². The second kappa shape index (κ2) is 9.65. The third-order valence-electron chi connectivity index (χ3n) is 5.32. The molecule has 0 aliphatic rings. The van der Waals surface area contributed by atoms with Crippen LogP contribution >= 0.6 is 11.3 Å². The van der Waals surface area contributed by atoms with Crippen LogP contribution in [0, 0.1) is 0 Å². The maximum absolute atomic E-state index is 11.4. The van der Waals surface area contributed by atoms with Crippen molar-refractivity contribution in [2.24, 2.45) is 0 Å². The molecule has 4 rings (SSSR count). The molecule has 3 aromatic carbocycles. The Balaban J connectivity index is 1.63. The Kier molecular flexibility index (Phi) is 6.69. The van der Waals surface area contributed by atoms with E-state index < -0.39 is 15.4 Å². The van der Waals surface area contributed by atoms with Gasteiger partial charge in [-0.1, -0.05) is 59.9 Å². The Labute approximate surface area is 192 Å². The number of benzene rings is 3. The minimum absolute atomic E-state index is 0.265. The molecule has 1 unspecified atom stereocenters. The molecular weight excluding hydrogens is 440 g/mol. The molecule has 0 spiro atoms. The molecule has 1 heterocycles. The molecule has 0 amide bonds. The summed E-state index contributed by atoms with van der Waals surface area (Å²) in [6.45, 7) is 1.92. The number of hydrogen-bond donors (Lipinski definition) is 1. The number of thiazole rings is 1. The minimum atomic E-state index is -4.30. The molecule has 0 fully saturated rings. The lowest BCUT2D eigenvalue weighted by Gasteiger charge is -2.13. The van der Waals surface area contributed by atoms with Crippen molar-refractivity contribution in [1.29, 1.82) is 0 Å². The summed E-state index contributed by atoms with van der Waals surface area (Å²) in [5, 5.41) is 5.56. The van der Waals surface area contributed by atoms with Crippen LogP contribution in [0.2, 0.25) is 0 Å². The second-order valence-corrected chi connectivity index (χ2v) is 10.4. The predicted molar refractivity (Wildman–Crippen MR) is 132 cm³/mol. The van der Waals surface area contributed by atoms with Crippen LogP contribution in [0.3, 0.4) is 0 Å². The Bertz CT molecular complexity index is 1390. The van der Waals surface area contributed by atoms with E-state index in [0.29, 0.717) is 6.54 Å². The third kappa shape index (κ3) is 5.24. The second-order valence-electron chi connectivity index (χ2n) is 7.58. The lowest BCUT2D eigenvalue weighted by molar-refractivity contribution is -0.669. The summed E-state index contributed by atoms with van der Waals surface area (Å²) in [6, 6.07) is 22.3. The first-order valence-electron chi connectivity index (χ1n) is 10.4. The van der Waals surface area contributed by atoms with Crippen LogP contribution < -0.4 is 9.88 Å². The van der Waals surface area contributed by atoms with E-state index in [9.17, 15) is 13.0 Å². The minimum Gasteiger partial charge on any atom is -0.748 e. The SMILES string of the molecule is CC(CC[n+]1c(/C=C/C=C/Nc2ccccc2)sc2cc3ccccc3cc21)S(=O)(=O)[O-]. The number of nitrogens with one attached hydrogen (secondary N) is 1. The van der Waals surface area contributed by atoms with Crippen LogP contribution in [0.1, 0.15) is 18.4 Å². The number of allylic oxidation sites excluding steroid dienone is 2. The van der Waals surface area contributed by atoms with Crippen molar-refractivity contribution < 1.29 is 17.5 Å². The molecule has 5 nitrogen and oxygen atoms in total. The zero-order valence-electron chi connectivity index (χ0n) is 17.6. The van der Waals surface area contributed by atoms with Gasteiger partial charge in [0, 0.05) is 30.5 Å². The fourth-order valence-electron chi connectivity index (χ4n) is 3.47. The average molecular weight is 465 g/mol. The number of aromatic nitrogens is 1. The molecule has 0 saturated heterocycles. The first-order valence-corrected chi connectivity index (χ1v) is 12.7. The summed E-state index contributed by atoms with van der Waals surface area (Å²) in [5.74, 6) is 0. The number of nitrogens with zero attached hydrogens (tertiary/aromatic N) is 1. The van der Waals surface area contributed by atoms with Gasteiger partial charge in [0.15, 0.2) is 6.54 Å². The molecule has 0 bridgehead atoms. The van der Waals surface area contributed by atoms with E-state index in [4.69, 9.17) is 0 Å². The molecule has 32 heavy (non-hydrogen) atoms. The van der Waals surface area contributed by atoms with E-state index in [1.165, 1.54) is 6.92 Å². The normalized spacial score (nSPS) is 13.4. The monoisotopic (exact) mass is 464 g/mol. The molecule has 0 radical (unpaired) electrons. The van der Waals surface area contributed by atoms with Crippen molar-refractivity contribution in [2.75, 3.05) is 5.32 Å². The van der Waals surface area contributed by atoms with Gasteiger partial charge < -0.3 is 9.87 Å². The number of hydrogen-bond acceptors (Lipinski definition) is 5. The summed E-state index contributed by atoms with van der Waals surface area (Å²) in [7, 11) is -4.30. The lowest BCUT2D eigenvalue weighted by atomic mass is 10.1. The highest BCUT2D eigenvalue weighted by Crippen LogP contribution is 2.27. The molecule has 0 saturated carbocycles. The van der Waals surface area contributed by atoms with Crippen LogP contribution in [-0.4, -0.2) is 18.2 Å². The average Bonchev–Trinajstić information content (AvgIpc) is 3.11. The van der Waals surface area contributed by atoms with Crippen molar-refractivity contribution in [1.82, 2.24) is 0 Å². The Morgan fingerprint density at radius 2 is 1.72 bits per heavy atom. The Morgan fingerprint density at radius 3 is 2.44 bits per heavy atom. The van der Waals surface area contributed by atoms with E-state index in [-0.39, 0.29) is 6.42 Å². The topological polar surface area (TPSA) is 73.1 Å². The maximum atomic E-state index is 11.4. The highest BCUT2D eigenvalue weighted by Gasteiger charge is 2.21. The van der Waals surface area contributed by atoms with Crippen LogP contribution in [0.5, 0.6) is 0 Å². The van der Waals surface area contributed by atoms with Crippen LogP contribution in [0.25, 0.3) is 27.1 Å². The fourth-order valence-corrected chi connectivity index (χ4v) is 4.99. The zero-order chi connectivity index (χ0) is 22.6. The molecule has 4 aromatic rings. The highest BCUT2D eigenvalue weighted by molar-refractivity contribution is 7.86. The van der Waals surface area contributed by atoms with Crippen LogP contribution in [-0.2, 0) is 16.7 Å². The zero-order valence-corrected chi connectivity index (χ0v) is 19.3. The maximum Gasteiger partial charge on any atom is 0.262 e. The Hall–Kier alpha value is -3.00. The van der Waals surface area contributed by atoms with Gasteiger partial charge in [0.25, 0.3) is 5.01 Å². The molecule has 1 N–H and O–H groups in total. The third-order valence-corrected chi connectivity index (χ3v) is 7.65. The van der Waals surface area contributed by atoms with E-state index in [2.05, 4.69) is 34.1 Å². The molecule has 7 heteroatoms. The number of para-hydroxylation sites is 1. The molecule has 164 valence electrons. The first kappa shape index (κ1) is 22.2.